The first-order valence-electron chi connectivity index (χ1n) is 3.55. The predicted molar refractivity (Wildman–Crippen MR) is 48.7 cm³/mol. The van der Waals surface area contributed by atoms with Gasteiger partial charge in [-0.2, -0.15) is 22.1 Å². The van der Waals surface area contributed by atoms with Crippen molar-refractivity contribution in [1.82, 2.24) is 15.4 Å². The number of nitrogens with two attached hydrogens (primary N) is 1. The lowest BCUT2D eigenvalue weighted by atomic mass is 10.2. The normalized spacial score (nSPS) is 12.8. The molecule has 72 valence electrons. The van der Waals surface area contributed by atoms with Crippen molar-refractivity contribution in [3.05, 3.63) is 11.4 Å². The van der Waals surface area contributed by atoms with E-state index in [2.05, 4.69) is 15.4 Å². The molecule has 0 saturated carbocycles. The Kier molecular flexibility index (Phi) is 3.26. The van der Waals surface area contributed by atoms with Gasteiger partial charge in [0.25, 0.3) is 0 Å². The average Bonchev–Trinajstić information content (AvgIpc) is 2.52. The molecule has 13 heavy (non-hydrogen) atoms. The van der Waals surface area contributed by atoms with Crippen molar-refractivity contribution in [3.63, 3.8) is 0 Å². The molecule has 0 saturated heterocycles. The third-order valence-electron chi connectivity index (χ3n) is 1.47. The smallest absolute Gasteiger partial charge is 0.358 e. The number of hydrogen-bond donors (Lipinski definition) is 3. The van der Waals surface area contributed by atoms with Gasteiger partial charge in [0.05, 0.1) is 6.04 Å². The Morgan fingerprint density at radius 3 is 3.00 bits per heavy atom. The number of aromatic carboxylic acids is 1. The summed E-state index contributed by atoms with van der Waals surface area (Å²) in [6, 6.07) is -0.389. The topological polar surface area (TPSA) is 105 Å². The fraction of sp³-hybridized carbons (Fsp3) is 0.500. The van der Waals surface area contributed by atoms with Crippen LogP contribution in [0.3, 0.4) is 0 Å². The monoisotopic (exact) mass is 202 g/mol. The second-order valence-electron chi connectivity index (χ2n) is 2.42. The Labute approximate surface area is 78.9 Å². The van der Waals surface area contributed by atoms with E-state index in [4.69, 9.17) is 10.8 Å². The Balaban J connectivity index is 2.86. The van der Waals surface area contributed by atoms with Gasteiger partial charge in [-0.3, -0.25) is 0 Å². The van der Waals surface area contributed by atoms with Crippen LogP contribution in [-0.4, -0.2) is 38.5 Å². The highest BCUT2D eigenvalue weighted by molar-refractivity contribution is 7.98. The van der Waals surface area contributed by atoms with E-state index in [0.717, 1.165) is 0 Å². The molecule has 0 spiro atoms. The summed E-state index contributed by atoms with van der Waals surface area (Å²) in [5.74, 6) is -0.493. The maximum Gasteiger partial charge on any atom is 0.358 e. The summed E-state index contributed by atoms with van der Waals surface area (Å²) < 4.78 is 0. The van der Waals surface area contributed by atoms with Gasteiger partial charge < -0.3 is 10.8 Å². The highest BCUT2D eigenvalue weighted by Crippen LogP contribution is 2.14. The molecule has 1 rings (SSSR count). The standard InChI is InChI=1S/C6H10N4O2S/c1-13-2-3(7)4-5(6(11)12)9-10-8-4/h3H,2,7H2,1H3,(H,11,12)(H,8,9,10). The van der Waals surface area contributed by atoms with E-state index in [1.165, 1.54) is 11.8 Å². The van der Waals surface area contributed by atoms with Crippen LogP contribution in [0.2, 0.25) is 0 Å². The molecule has 7 heteroatoms. The highest BCUT2D eigenvalue weighted by atomic mass is 32.2. The van der Waals surface area contributed by atoms with Crippen LogP contribution in [0.5, 0.6) is 0 Å². The molecule has 0 amide bonds. The Bertz CT molecular complexity index is 301. The Morgan fingerprint density at radius 1 is 1.77 bits per heavy atom. The third kappa shape index (κ3) is 2.19. The van der Waals surface area contributed by atoms with Crippen molar-refractivity contribution < 1.29 is 9.90 Å². The minimum absolute atomic E-state index is 0.0958. The van der Waals surface area contributed by atoms with E-state index in [1.54, 1.807) is 0 Å². The van der Waals surface area contributed by atoms with Crippen molar-refractivity contribution in [2.75, 3.05) is 12.0 Å². The van der Waals surface area contributed by atoms with Crippen molar-refractivity contribution in [2.24, 2.45) is 5.73 Å². The van der Waals surface area contributed by atoms with E-state index in [1.807, 2.05) is 6.26 Å². The molecule has 1 heterocycles. The highest BCUT2D eigenvalue weighted by Gasteiger charge is 2.20. The fourth-order valence-corrected chi connectivity index (χ4v) is 1.43. The van der Waals surface area contributed by atoms with Gasteiger partial charge in [-0.25, -0.2) is 4.79 Å². The van der Waals surface area contributed by atoms with E-state index in [9.17, 15) is 4.79 Å². The predicted octanol–water partition coefficient (Wildman–Crippen LogP) is -0.134. The van der Waals surface area contributed by atoms with Gasteiger partial charge in [0.15, 0.2) is 5.69 Å². The molecule has 0 aliphatic heterocycles. The zero-order valence-corrected chi connectivity index (χ0v) is 7.84. The number of H-pyrrole nitrogens is 1. The van der Waals surface area contributed by atoms with Gasteiger partial charge in [0.1, 0.15) is 5.69 Å². The number of thioether (sulfide) groups is 1. The molecule has 0 bridgehead atoms. The Hall–Kier alpha value is -1.08. The van der Waals surface area contributed by atoms with Gasteiger partial charge in [0.2, 0.25) is 0 Å². The minimum Gasteiger partial charge on any atom is -0.476 e. The molecule has 0 aromatic carbocycles. The second-order valence-corrected chi connectivity index (χ2v) is 3.34. The lowest BCUT2D eigenvalue weighted by Crippen LogP contribution is -2.17. The zero-order valence-electron chi connectivity index (χ0n) is 7.02. The molecule has 0 radical (unpaired) electrons. The molecule has 0 fully saturated rings. The quantitative estimate of drug-likeness (QED) is 0.628. The molecular formula is C6H10N4O2S. The number of aromatic nitrogens is 3. The fourth-order valence-electron chi connectivity index (χ4n) is 0.913. The number of aromatic amines is 1. The van der Waals surface area contributed by atoms with E-state index in [-0.39, 0.29) is 11.7 Å². The van der Waals surface area contributed by atoms with Gasteiger partial charge in [-0.1, -0.05) is 0 Å². The first kappa shape index (κ1) is 10.0. The summed E-state index contributed by atoms with van der Waals surface area (Å²) in [6.07, 6.45) is 1.89. The summed E-state index contributed by atoms with van der Waals surface area (Å²) in [6.45, 7) is 0. The van der Waals surface area contributed by atoms with Crippen molar-refractivity contribution in [3.8, 4) is 0 Å². The molecular weight excluding hydrogens is 192 g/mol. The summed E-state index contributed by atoms with van der Waals surface area (Å²) in [4.78, 5) is 10.6. The van der Waals surface area contributed by atoms with Crippen LogP contribution in [0, 0.1) is 0 Å². The van der Waals surface area contributed by atoms with Crippen molar-refractivity contribution >= 4 is 17.7 Å². The van der Waals surface area contributed by atoms with E-state index < -0.39 is 5.97 Å². The van der Waals surface area contributed by atoms with E-state index >= 15 is 0 Å². The molecule has 0 aliphatic rings. The summed E-state index contributed by atoms with van der Waals surface area (Å²) >= 11 is 1.53. The van der Waals surface area contributed by atoms with Gasteiger partial charge >= 0.3 is 5.97 Å². The molecule has 1 unspecified atom stereocenters. The lowest BCUT2D eigenvalue weighted by Gasteiger charge is -2.05. The summed E-state index contributed by atoms with van der Waals surface area (Å²) in [7, 11) is 0. The molecule has 1 aromatic heterocycles. The van der Waals surface area contributed by atoms with Crippen LogP contribution >= 0.6 is 11.8 Å². The van der Waals surface area contributed by atoms with Crippen LogP contribution in [-0.2, 0) is 0 Å². The van der Waals surface area contributed by atoms with Crippen molar-refractivity contribution in [2.45, 2.75) is 6.04 Å². The number of carboxylic acid groups (broad SMARTS) is 1. The van der Waals surface area contributed by atoms with Gasteiger partial charge in [0, 0.05) is 5.75 Å². The molecule has 6 nitrogen and oxygen atoms in total. The zero-order chi connectivity index (χ0) is 9.84. The van der Waals surface area contributed by atoms with Crippen molar-refractivity contribution in [1.29, 1.82) is 0 Å². The van der Waals surface area contributed by atoms with Crippen LogP contribution < -0.4 is 5.73 Å². The first-order chi connectivity index (χ1) is 6.16. The third-order valence-corrected chi connectivity index (χ3v) is 2.17. The average molecular weight is 202 g/mol. The second kappa shape index (κ2) is 4.24. The lowest BCUT2D eigenvalue weighted by molar-refractivity contribution is 0.0688. The number of nitrogens with one attached hydrogen (secondary N) is 1. The van der Waals surface area contributed by atoms with E-state index in [0.29, 0.717) is 11.4 Å². The Morgan fingerprint density at radius 2 is 2.46 bits per heavy atom. The van der Waals surface area contributed by atoms with Crippen LogP contribution in [0.4, 0.5) is 0 Å². The summed E-state index contributed by atoms with van der Waals surface area (Å²) in [5, 5.41) is 18.1. The summed E-state index contributed by atoms with van der Waals surface area (Å²) in [5.41, 5.74) is 5.89. The number of carboxylic acids is 1. The maximum atomic E-state index is 10.6. The number of hydrogen-bond acceptors (Lipinski definition) is 5. The number of carbonyl (C=O) groups is 1. The SMILES string of the molecule is CSCC(N)c1n[nH]nc1C(=O)O. The first-order valence-corrected chi connectivity index (χ1v) is 4.94. The van der Waals surface area contributed by atoms with Crippen LogP contribution in [0.15, 0.2) is 0 Å². The van der Waals surface area contributed by atoms with Gasteiger partial charge in [-0.15, -0.1) is 5.10 Å². The number of nitrogens with zero attached hydrogens (tertiary/aromatic N) is 2. The molecule has 4 N–H and O–H groups in total. The van der Waals surface area contributed by atoms with Gasteiger partial charge in [-0.05, 0) is 6.26 Å². The largest absolute Gasteiger partial charge is 0.476 e. The molecule has 0 aliphatic carbocycles. The van der Waals surface area contributed by atoms with Crippen LogP contribution in [0.1, 0.15) is 22.2 Å². The van der Waals surface area contributed by atoms with Crippen LogP contribution in [0.25, 0.3) is 0 Å². The molecule has 1 atom stereocenters. The maximum absolute atomic E-state index is 10.6. The minimum atomic E-state index is -1.11. The number of rotatable bonds is 4. The molecule has 1 aromatic rings.